The molecule has 0 unspecified atom stereocenters. The highest BCUT2D eigenvalue weighted by atomic mass is 16.6. The number of rotatable bonds is 5. The zero-order valence-electron chi connectivity index (χ0n) is 15.6. The average molecular weight is 387 g/mol. The van der Waals surface area contributed by atoms with Crippen LogP contribution in [0.1, 0.15) is 17.4 Å². The van der Waals surface area contributed by atoms with Crippen LogP contribution in [0, 0.1) is 10.1 Å². The number of hydrogen-bond donors (Lipinski definition) is 1. The molecule has 7 heteroatoms. The lowest BCUT2D eigenvalue weighted by molar-refractivity contribution is -0.384. The number of nitrogens with one attached hydrogen (secondary N) is 1. The number of nitro benzene ring substituents is 1. The van der Waals surface area contributed by atoms with Gasteiger partial charge in [0.1, 0.15) is 11.5 Å². The molecule has 0 atom stereocenters. The van der Waals surface area contributed by atoms with E-state index in [4.69, 9.17) is 4.74 Å². The van der Waals surface area contributed by atoms with Crippen LogP contribution in [0.25, 0.3) is 33.4 Å². The summed E-state index contributed by atoms with van der Waals surface area (Å²) in [4.78, 5) is 30.7. The summed E-state index contributed by atoms with van der Waals surface area (Å²) < 4.78 is 5.17. The minimum atomic E-state index is -0.528. The number of esters is 1. The maximum atomic E-state index is 12.5. The molecule has 0 aliphatic rings. The van der Waals surface area contributed by atoms with Gasteiger partial charge in [0, 0.05) is 23.3 Å². The Bertz CT molecular complexity index is 1210. The molecule has 0 aliphatic heterocycles. The molecular formula is C22H17N3O4. The molecule has 0 aliphatic carbocycles. The fourth-order valence-corrected chi connectivity index (χ4v) is 3.23. The quantitative estimate of drug-likeness (QED) is 0.296. The van der Waals surface area contributed by atoms with Gasteiger partial charge < -0.3 is 9.72 Å². The number of imidazole rings is 1. The SMILES string of the molecule is CCOC(=O)c1[nH]c(-c2cccc3ccccc23)nc1-c1ccc([N+](=O)[O-])cc1. The Morgan fingerprint density at radius 3 is 2.52 bits per heavy atom. The Balaban J connectivity index is 1.88. The van der Waals surface area contributed by atoms with Crippen LogP contribution in [-0.2, 0) is 4.74 Å². The molecule has 0 saturated carbocycles. The fraction of sp³-hybridized carbons (Fsp3) is 0.0909. The van der Waals surface area contributed by atoms with Gasteiger partial charge in [-0.15, -0.1) is 0 Å². The number of ether oxygens (including phenoxy) is 1. The number of nitro groups is 1. The van der Waals surface area contributed by atoms with Crippen molar-refractivity contribution in [1.82, 2.24) is 9.97 Å². The number of hydrogen-bond acceptors (Lipinski definition) is 5. The Hall–Kier alpha value is -4.00. The summed E-state index contributed by atoms with van der Waals surface area (Å²) in [6.45, 7) is 1.95. The number of non-ortho nitro benzene ring substituents is 1. The summed E-state index contributed by atoms with van der Waals surface area (Å²) >= 11 is 0. The monoisotopic (exact) mass is 387 g/mol. The molecule has 0 radical (unpaired) electrons. The normalized spacial score (nSPS) is 10.8. The zero-order valence-corrected chi connectivity index (χ0v) is 15.6. The van der Waals surface area contributed by atoms with Crippen LogP contribution in [0.5, 0.6) is 0 Å². The van der Waals surface area contributed by atoms with Gasteiger partial charge in [-0.05, 0) is 29.8 Å². The van der Waals surface area contributed by atoms with E-state index in [1.807, 2.05) is 42.5 Å². The molecular weight excluding hydrogens is 370 g/mol. The van der Waals surface area contributed by atoms with E-state index in [1.165, 1.54) is 12.1 Å². The zero-order chi connectivity index (χ0) is 20.4. The van der Waals surface area contributed by atoms with E-state index in [9.17, 15) is 14.9 Å². The molecule has 4 rings (SSSR count). The van der Waals surface area contributed by atoms with E-state index in [0.29, 0.717) is 17.1 Å². The number of fused-ring (bicyclic) bond motifs is 1. The van der Waals surface area contributed by atoms with E-state index in [2.05, 4.69) is 9.97 Å². The first kappa shape index (κ1) is 18.4. The molecule has 7 nitrogen and oxygen atoms in total. The first-order valence-electron chi connectivity index (χ1n) is 9.08. The average Bonchev–Trinajstić information content (AvgIpc) is 3.19. The van der Waals surface area contributed by atoms with Gasteiger partial charge in [0.15, 0.2) is 5.69 Å². The van der Waals surface area contributed by atoms with Gasteiger partial charge in [-0.25, -0.2) is 9.78 Å². The van der Waals surface area contributed by atoms with Crippen molar-refractivity contribution >= 4 is 22.4 Å². The van der Waals surface area contributed by atoms with Crippen LogP contribution in [0.3, 0.4) is 0 Å². The summed E-state index contributed by atoms with van der Waals surface area (Å²) in [6.07, 6.45) is 0. The van der Waals surface area contributed by atoms with Crippen LogP contribution in [0.2, 0.25) is 0 Å². The van der Waals surface area contributed by atoms with Crippen LogP contribution in [-0.4, -0.2) is 27.5 Å². The van der Waals surface area contributed by atoms with E-state index >= 15 is 0 Å². The minimum absolute atomic E-state index is 0.0313. The van der Waals surface area contributed by atoms with Crippen molar-refractivity contribution in [2.24, 2.45) is 0 Å². The Labute approximate surface area is 166 Å². The van der Waals surface area contributed by atoms with Gasteiger partial charge in [0.2, 0.25) is 0 Å². The molecule has 144 valence electrons. The lowest BCUT2D eigenvalue weighted by Gasteiger charge is -2.03. The first-order valence-corrected chi connectivity index (χ1v) is 9.08. The minimum Gasteiger partial charge on any atom is -0.461 e. The van der Waals surface area contributed by atoms with Crippen molar-refractivity contribution in [3.63, 3.8) is 0 Å². The predicted molar refractivity (Wildman–Crippen MR) is 110 cm³/mol. The van der Waals surface area contributed by atoms with E-state index in [1.54, 1.807) is 19.1 Å². The molecule has 0 bridgehead atoms. The van der Waals surface area contributed by atoms with Crippen LogP contribution >= 0.6 is 0 Å². The predicted octanol–water partition coefficient (Wildman–Crippen LogP) is 4.98. The number of aromatic amines is 1. The lowest BCUT2D eigenvalue weighted by atomic mass is 10.0. The van der Waals surface area contributed by atoms with E-state index in [-0.39, 0.29) is 18.0 Å². The second-order valence-corrected chi connectivity index (χ2v) is 6.36. The van der Waals surface area contributed by atoms with E-state index < -0.39 is 10.9 Å². The molecule has 3 aromatic carbocycles. The van der Waals surface area contributed by atoms with Crippen LogP contribution < -0.4 is 0 Å². The van der Waals surface area contributed by atoms with Crippen molar-refractivity contribution in [3.05, 3.63) is 82.5 Å². The third-order valence-electron chi connectivity index (χ3n) is 4.58. The summed E-state index contributed by atoms with van der Waals surface area (Å²) in [5, 5.41) is 13.0. The maximum absolute atomic E-state index is 12.5. The molecule has 0 amide bonds. The molecule has 29 heavy (non-hydrogen) atoms. The summed E-state index contributed by atoms with van der Waals surface area (Å²) in [5.41, 5.74) is 2.00. The van der Waals surface area contributed by atoms with Crippen LogP contribution in [0.4, 0.5) is 5.69 Å². The van der Waals surface area contributed by atoms with Gasteiger partial charge in [0.25, 0.3) is 5.69 Å². The number of aromatic nitrogens is 2. The van der Waals surface area contributed by atoms with Gasteiger partial charge in [-0.1, -0.05) is 42.5 Å². The number of nitrogens with zero attached hydrogens (tertiary/aromatic N) is 2. The van der Waals surface area contributed by atoms with Crippen molar-refractivity contribution in [3.8, 4) is 22.6 Å². The molecule has 0 fully saturated rings. The largest absolute Gasteiger partial charge is 0.461 e. The molecule has 1 N–H and O–H groups in total. The van der Waals surface area contributed by atoms with Gasteiger partial charge in [-0.2, -0.15) is 0 Å². The fourth-order valence-electron chi connectivity index (χ4n) is 3.23. The van der Waals surface area contributed by atoms with Gasteiger partial charge in [0.05, 0.1) is 11.5 Å². The number of H-pyrrole nitrogens is 1. The molecule has 1 heterocycles. The van der Waals surface area contributed by atoms with Crippen LogP contribution in [0.15, 0.2) is 66.7 Å². The number of carbonyl (C=O) groups excluding carboxylic acids is 1. The molecule has 0 saturated heterocycles. The second kappa shape index (κ2) is 7.55. The summed E-state index contributed by atoms with van der Waals surface area (Å²) in [6, 6.07) is 19.7. The molecule has 0 spiro atoms. The highest BCUT2D eigenvalue weighted by Gasteiger charge is 2.22. The highest BCUT2D eigenvalue weighted by molar-refractivity contribution is 5.99. The maximum Gasteiger partial charge on any atom is 0.357 e. The first-order chi connectivity index (χ1) is 14.1. The smallest absolute Gasteiger partial charge is 0.357 e. The van der Waals surface area contributed by atoms with Gasteiger partial charge >= 0.3 is 5.97 Å². The highest BCUT2D eigenvalue weighted by Crippen LogP contribution is 2.31. The Kier molecular flexibility index (Phi) is 4.78. The topological polar surface area (TPSA) is 98.1 Å². The summed E-state index contributed by atoms with van der Waals surface area (Å²) in [7, 11) is 0. The third-order valence-corrected chi connectivity index (χ3v) is 4.58. The Morgan fingerprint density at radius 2 is 1.79 bits per heavy atom. The Morgan fingerprint density at radius 1 is 1.07 bits per heavy atom. The van der Waals surface area contributed by atoms with Crippen molar-refractivity contribution in [2.45, 2.75) is 6.92 Å². The molecule has 4 aromatic rings. The van der Waals surface area contributed by atoms with Gasteiger partial charge in [-0.3, -0.25) is 10.1 Å². The second-order valence-electron chi connectivity index (χ2n) is 6.36. The van der Waals surface area contributed by atoms with Crippen molar-refractivity contribution < 1.29 is 14.5 Å². The summed E-state index contributed by atoms with van der Waals surface area (Å²) in [5.74, 6) is -0.00181. The third kappa shape index (κ3) is 3.45. The standard InChI is InChI=1S/C22H17N3O4/c1-2-29-22(26)20-19(15-10-12-16(13-11-15)25(27)28)23-21(24-20)18-9-5-7-14-6-3-4-8-17(14)18/h3-13H,2H2,1H3,(H,23,24). The number of carbonyl (C=O) groups is 1. The van der Waals surface area contributed by atoms with Crippen molar-refractivity contribution in [2.75, 3.05) is 6.61 Å². The van der Waals surface area contributed by atoms with Crippen molar-refractivity contribution in [1.29, 1.82) is 0 Å². The molecule has 1 aromatic heterocycles. The lowest BCUT2D eigenvalue weighted by Crippen LogP contribution is -2.06. The van der Waals surface area contributed by atoms with E-state index in [0.717, 1.165) is 16.3 Å². The number of benzene rings is 3.